The minimum Gasteiger partial charge on any atom is -0.491 e. The van der Waals surface area contributed by atoms with E-state index < -0.39 is 5.66 Å². The Balaban J connectivity index is 1.77. The van der Waals surface area contributed by atoms with Crippen molar-refractivity contribution in [2.24, 2.45) is 0 Å². The van der Waals surface area contributed by atoms with Crippen molar-refractivity contribution >= 4 is 11.6 Å². The molecule has 1 N–H and O–H groups in total. The molecule has 3 aromatic rings. The van der Waals surface area contributed by atoms with Gasteiger partial charge in [0.05, 0.1) is 11.7 Å². The van der Waals surface area contributed by atoms with Gasteiger partial charge in [-0.1, -0.05) is 68.4 Å². The average molecular weight is 415 g/mol. The Labute approximate surface area is 184 Å². The van der Waals surface area contributed by atoms with Gasteiger partial charge in [0.2, 0.25) is 0 Å². The number of nitrogens with zero attached hydrogens (tertiary/aromatic N) is 1. The van der Waals surface area contributed by atoms with Crippen LogP contribution in [0, 0.1) is 0 Å². The Kier molecular flexibility index (Phi) is 5.99. The van der Waals surface area contributed by atoms with Gasteiger partial charge in [0, 0.05) is 12.2 Å². The zero-order valence-electron chi connectivity index (χ0n) is 18.5. The topological polar surface area (TPSA) is 41.6 Å². The third-order valence-corrected chi connectivity index (χ3v) is 6.14. The molecule has 2 unspecified atom stereocenters. The number of hydrogen-bond donors (Lipinski definition) is 1. The molecular formula is C27H30N2O2. The number of amides is 1. The first kappa shape index (κ1) is 21.0. The SMILES string of the molecule is CCC(C)Oc1ccc(C2(CC)Nc3ccccc3C(=O)N2Cc2ccccc2)cc1. The number of carbonyl (C=O) groups is 1. The van der Waals surface area contributed by atoms with Gasteiger partial charge >= 0.3 is 0 Å². The van der Waals surface area contributed by atoms with Gasteiger partial charge in [-0.2, -0.15) is 0 Å². The number of benzene rings is 3. The number of carbonyl (C=O) groups excluding carboxylic acids is 1. The Bertz CT molecular complexity index is 1030. The van der Waals surface area contributed by atoms with Crippen molar-refractivity contribution in [1.82, 2.24) is 4.90 Å². The number of hydrogen-bond acceptors (Lipinski definition) is 3. The van der Waals surface area contributed by atoms with Crippen molar-refractivity contribution < 1.29 is 9.53 Å². The molecule has 0 aliphatic carbocycles. The first-order chi connectivity index (χ1) is 15.1. The number of nitrogens with one attached hydrogen (secondary N) is 1. The monoisotopic (exact) mass is 414 g/mol. The molecule has 0 saturated heterocycles. The standard InChI is InChI=1S/C27H30N2O2/c1-4-20(3)31-23-17-15-22(16-18-23)27(5-2)28-25-14-10-9-13-24(25)26(30)29(27)19-21-11-7-6-8-12-21/h6-18,20,28H,4-5,19H2,1-3H3. The molecular weight excluding hydrogens is 384 g/mol. The van der Waals surface area contributed by atoms with E-state index in [4.69, 9.17) is 4.74 Å². The van der Waals surface area contributed by atoms with E-state index in [0.717, 1.165) is 35.4 Å². The Hall–Kier alpha value is -3.27. The molecule has 1 heterocycles. The van der Waals surface area contributed by atoms with E-state index in [-0.39, 0.29) is 12.0 Å². The minimum atomic E-state index is -0.643. The Morgan fingerprint density at radius 2 is 1.61 bits per heavy atom. The predicted molar refractivity (Wildman–Crippen MR) is 125 cm³/mol. The fourth-order valence-electron chi connectivity index (χ4n) is 4.20. The molecule has 2 atom stereocenters. The van der Waals surface area contributed by atoms with Crippen LogP contribution in [0.25, 0.3) is 0 Å². The van der Waals surface area contributed by atoms with Crippen LogP contribution in [-0.4, -0.2) is 16.9 Å². The van der Waals surface area contributed by atoms with Crippen molar-refractivity contribution in [2.75, 3.05) is 5.32 Å². The third-order valence-electron chi connectivity index (χ3n) is 6.14. The molecule has 1 aliphatic heterocycles. The first-order valence-electron chi connectivity index (χ1n) is 11.1. The average Bonchev–Trinajstić information content (AvgIpc) is 2.82. The maximum absolute atomic E-state index is 13.7. The van der Waals surface area contributed by atoms with E-state index in [2.05, 4.69) is 50.4 Å². The molecule has 0 radical (unpaired) electrons. The van der Waals surface area contributed by atoms with Crippen molar-refractivity contribution in [1.29, 1.82) is 0 Å². The maximum atomic E-state index is 13.7. The van der Waals surface area contributed by atoms with Gasteiger partial charge in [0.1, 0.15) is 11.4 Å². The quantitative estimate of drug-likeness (QED) is 0.501. The van der Waals surface area contributed by atoms with Crippen LogP contribution in [0.1, 0.15) is 55.1 Å². The normalized spacial score (nSPS) is 18.8. The summed E-state index contributed by atoms with van der Waals surface area (Å²) >= 11 is 0. The van der Waals surface area contributed by atoms with Gasteiger partial charge in [0.25, 0.3) is 5.91 Å². The van der Waals surface area contributed by atoms with E-state index in [0.29, 0.717) is 12.1 Å². The van der Waals surface area contributed by atoms with Gasteiger partial charge in [-0.05, 0) is 55.2 Å². The zero-order valence-corrected chi connectivity index (χ0v) is 18.5. The first-order valence-corrected chi connectivity index (χ1v) is 11.1. The number of ether oxygens (including phenoxy) is 1. The van der Waals surface area contributed by atoms with Gasteiger partial charge in [-0.3, -0.25) is 4.79 Å². The zero-order chi connectivity index (χ0) is 21.8. The van der Waals surface area contributed by atoms with E-state index >= 15 is 0 Å². The fraction of sp³-hybridized carbons (Fsp3) is 0.296. The van der Waals surface area contributed by atoms with Gasteiger partial charge in [-0.15, -0.1) is 0 Å². The second-order valence-electron chi connectivity index (χ2n) is 8.12. The second kappa shape index (κ2) is 8.84. The maximum Gasteiger partial charge on any atom is 0.258 e. The molecule has 0 saturated carbocycles. The number of para-hydroxylation sites is 1. The number of rotatable bonds is 7. The minimum absolute atomic E-state index is 0.0417. The van der Waals surface area contributed by atoms with E-state index in [1.54, 1.807) is 0 Å². The van der Waals surface area contributed by atoms with Crippen LogP contribution in [0.3, 0.4) is 0 Å². The smallest absolute Gasteiger partial charge is 0.258 e. The van der Waals surface area contributed by atoms with Crippen LogP contribution in [-0.2, 0) is 12.2 Å². The summed E-state index contributed by atoms with van der Waals surface area (Å²) in [4.78, 5) is 15.6. The third kappa shape index (κ3) is 4.02. The van der Waals surface area contributed by atoms with E-state index in [1.807, 2.05) is 59.5 Å². The summed E-state index contributed by atoms with van der Waals surface area (Å²) in [6, 6.07) is 26.1. The van der Waals surface area contributed by atoms with Crippen LogP contribution < -0.4 is 10.1 Å². The summed E-state index contributed by atoms with van der Waals surface area (Å²) < 4.78 is 5.97. The fourth-order valence-corrected chi connectivity index (χ4v) is 4.20. The molecule has 4 nitrogen and oxygen atoms in total. The van der Waals surface area contributed by atoms with Crippen molar-refractivity contribution in [2.45, 2.75) is 51.9 Å². The van der Waals surface area contributed by atoms with Crippen molar-refractivity contribution in [3.05, 3.63) is 95.6 Å². The van der Waals surface area contributed by atoms with Crippen molar-refractivity contribution in [3.63, 3.8) is 0 Å². The van der Waals surface area contributed by atoms with E-state index in [9.17, 15) is 4.79 Å². The molecule has 0 aromatic heterocycles. The molecule has 0 spiro atoms. The molecule has 31 heavy (non-hydrogen) atoms. The lowest BCUT2D eigenvalue weighted by Crippen LogP contribution is -2.56. The lowest BCUT2D eigenvalue weighted by atomic mass is 9.89. The van der Waals surface area contributed by atoms with Crippen molar-refractivity contribution in [3.8, 4) is 5.75 Å². The molecule has 1 amide bonds. The van der Waals surface area contributed by atoms with Crippen LogP contribution in [0.4, 0.5) is 5.69 Å². The highest BCUT2D eigenvalue weighted by Crippen LogP contribution is 2.41. The molecule has 3 aromatic carbocycles. The molecule has 4 rings (SSSR count). The van der Waals surface area contributed by atoms with Crippen LogP contribution in [0.5, 0.6) is 5.75 Å². The highest BCUT2D eigenvalue weighted by atomic mass is 16.5. The van der Waals surface area contributed by atoms with Gasteiger partial charge < -0.3 is 15.0 Å². The highest BCUT2D eigenvalue weighted by molar-refractivity contribution is 6.02. The van der Waals surface area contributed by atoms with Gasteiger partial charge in [-0.25, -0.2) is 0 Å². The largest absolute Gasteiger partial charge is 0.491 e. The summed E-state index contributed by atoms with van der Waals surface area (Å²) in [5, 5.41) is 3.71. The summed E-state index contributed by atoms with van der Waals surface area (Å²) in [6.45, 7) is 6.83. The highest BCUT2D eigenvalue weighted by Gasteiger charge is 2.44. The molecule has 0 bridgehead atoms. The number of anilines is 1. The van der Waals surface area contributed by atoms with E-state index in [1.165, 1.54) is 0 Å². The molecule has 160 valence electrons. The predicted octanol–water partition coefficient (Wildman–Crippen LogP) is 6.19. The summed E-state index contributed by atoms with van der Waals surface area (Å²) in [5.74, 6) is 0.890. The summed E-state index contributed by atoms with van der Waals surface area (Å²) in [7, 11) is 0. The lowest BCUT2D eigenvalue weighted by molar-refractivity contribution is 0.0454. The Morgan fingerprint density at radius 3 is 2.29 bits per heavy atom. The van der Waals surface area contributed by atoms with Crippen LogP contribution >= 0.6 is 0 Å². The molecule has 0 fully saturated rings. The Morgan fingerprint density at radius 1 is 0.935 bits per heavy atom. The summed E-state index contributed by atoms with van der Waals surface area (Å²) in [6.07, 6.45) is 1.85. The van der Waals surface area contributed by atoms with Gasteiger partial charge in [0.15, 0.2) is 0 Å². The molecule has 1 aliphatic rings. The summed E-state index contributed by atoms with van der Waals surface area (Å²) in [5.41, 5.74) is 3.09. The second-order valence-corrected chi connectivity index (χ2v) is 8.12. The van der Waals surface area contributed by atoms with Crippen LogP contribution in [0.2, 0.25) is 0 Å². The van der Waals surface area contributed by atoms with Crippen LogP contribution in [0.15, 0.2) is 78.9 Å². The lowest BCUT2D eigenvalue weighted by Gasteiger charge is -2.48. The number of fused-ring (bicyclic) bond motifs is 1. The molecule has 4 heteroatoms.